The van der Waals surface area contributed by atoms with Crippen LogP contribution >= 0.6 is 11.8 Å². The lowest BCUT2D eigenvalue weighted by Crippen LogP contribution is -2.33. The highest BCUT2D eigenvalue weighted by Gasteiger charge is 2.29. The Hall–Kier alpha value is -2.78. The molecule has 9 heteroatoms. The van der Waals surface area contributed by atoms with E-state index in [9.17, 15) is 14.0 Å². The quantitative estimate of drug-likeness (QED) is 0.328. The van der Waals surface area contributed by atoms with Gasteiger partial charge in [-0.2, -0.15) is 0 Å². The molecule has 0 spiro atoms. The van der Waals surface area contributed by atoms with Crippen LogP contribution in [0.3, 0.4) is 0 Å². The molecule has 1 N–H and O–H groups in total. The molecule has 1 aliphatic heterocycles. The molecule has 2 aromatic heterocycles. The predicted molar refractivity (Wildman–Crippen MR) is 135 cm³/mol. The van der Waals surface area contributed by atoms with Crippen molar-refractivity contribution in [3.63, 3.8) is 0 Å². The van der Waals surface area contributed by atoms with Gasteiger partial charge in [-0.25, -0.2) is 4.39 Å². The summed E-state index contributed by atoms with van der Waals surface area (Å²) in [4.78, 5) is 30.9. The lowest BCUT2D eigenvalue weighted by molar-refractivity contribution is 0.0988. The third-order valence-electron chi connectivity index (χ3n) is 6.74. The molecule has 3 heterocycles. The first-order valence-corrected chi connectivity index (χ1v) is 12.9. The van der Waals surface area contributed by atoms with Crippen molar-refractivity contribution >= 4 is 23.3 Å². The number of benzene rings is 1. The number of likely N-dealkylation sites (tertiary alicyclic amines) is 1. The Morgan fingerprint density at radius 2 is 1.71 bits per heavy atom. The van der Waals surface area contributed by atoms with Gasteiger partial charge in [0.05, 0.1) is 17.0 Å². The number of aromatic amines is 1. The average molecular weight is 498 g/mol. The second kappa shape index (κ2) is 10.5. The summed E-state index contributed by atoms with van der Waals surface area (Å²) >= 11 is 1.31. The molecule has 0 radical (unpaired) electrons. The van der Waals surface area contributed by atoms with Crippen LogP contribution in [-0.4, -0.2) is 54.6 Å². The van der Waals surface area contributed by atoms with Crippen molar-refractivity contribution in [2.24, 2.45) is 0 Å². The van der Waals surface area contributed by atoms with Crippen LogP contribution in [0.4, 0.5) is 4.39 Å². The number of nitrogens with zero attached hydrogens (tertiary/aromatic N) is 4. The van der Waals surface area contributed by atoms with E-state index < -0.39 is 5.25 Å². The highest BCUT2D eigenvalue weighted by Crippen LogP contribution is 2.32. The fourth-order valence-corrected chi connectivity index (χ4v) is 5.80. The number of aromatic nitrogens is 4. The predicted octanol–water partition coefficient (Wildman–Crippen LogP) is 5.46. The Morgan fingerprint density at radius 1 is 1.06 bits per heavy atom. The van der Waals surface area contributed by atoms with Crippen LogP contribution in [-0.2, 0) is 0 Å². The van der Waals surface area contributed by atoms with Gasteiger partial charge >= 0.3 is 0 Å². The first-order valence-electron chi connectivity index (χ1n) is 12.0. The van der Waals surface area contributed by atoms with Crippen LogP contribution in [0.1, 0.15) is 84.0 Å². The van der Waals surface area contributed by atoms with Crippen molar-refractivity contribution in [3.8, 4) is 5.69 Å². The van der Waals surface area contributed by atoms with E-state index in [0.29, 0.717) is 27.7 Å². The molecule has 7 nitrogen and oxygen atoms in total. The third-order valence-corrected chi connectivity index (χ3v) is 7.79. The number of Topliss-reactive ketones (excluding diaryl/α,β-unsaturated/α-hetero) is 2. The second-order valence-electron chi connectivity index (χ2n) is 9.23. The van der Waals surface area contributed by atoms with Gasteiger partial charge in [0.15, 0.2) is 22.5 Å². The zero-order valence-electron chi connectivity index (χ0n) is 20.9. The number of hydrogen-bond acceptors (Lipinski definition) is 6. The molecular weight excluding hydrogens is 465 g/mol. The molecule has 0 saturated carbocycles. The number of carbonyl (C=O) groups excluding carboxylic acids is 2. The van der Waals surface area contributed by atoms with Gasteiger partial charge in [0, 0.05) is 16.9 Å². The number of aryl methyl sites for hydroxylation is 1. The highest BCUT2D eigenvalue weighted by atomic mass is 32.2. The maximum absolute atomic E-state index is 13.7. The Kier molecular flexibility index (Phi) is 7.56. The van der Waals surface area contributed by atoms with Gasteiger partial charge in [-0.05, 0) is 90.4 Å². The van der Waals surface area contributed by atoms with E-state index in [4.69, 9.17) is 0 Å². The van der Waals surface area contributed by atoms with E-state index >= 15 is 0 Å². The molecule has 35 heavy (non-hydrogen) atoms. The Morgan fingerprint density at radius 3 is 2.31 bits per heavy atom. The van der Waals surface area contributed by atoms with Crippen LogP contribution in [0.25, 0.3) is 5.69 Å². The van der Waals surface area contributed by atoms with Crippen LogP contribution in [0.5, 0.6) is 0 Å². The minimum absolute atomic E-state index is 0.0274. The monoisotopic (exact) mass is 497 g/mol. The number of halogens is 1. The van der Waals surface area contributed by atoms with Crippen molar-refractivity contribution in [3.05, 3.63) is 58.4 Å². The van der Waals surface area contributed by atoms with Crippen LogP contribution < -0.4 is 0 Å². The summed E-state index contributed by atoms with van der Waals surface area (Å²) in [6.07, 6.45) is 3.54. The van der Waals surface area contributed by atoms with Gasteiger partial charge in [0.25, 0.3) is 0 Å². The molecule has 0 unspecified atom stereocenters. The highest BCUT2D eigenvalue weighted by molar-refractivity contribution is 8.00. The molecule has 0 bridgehead atoms. The molecular formula is C26H32FN5O2S. The number of nitrogens with one attached hydrogen (secondary N) is 1. The van der Waals surface area contributed by atoms with E-state index in [-0.39, 0.29) is 23.4 Å². The van der Waals surface area contributed by atoms with Crippen molar-refractivity contribution in [1.82, 2.24) is 24.6 Å². The first kappa shape index (κ1) is 25.3. The smallest absolute Gasteiger partial charge is 0.196 e. The summed E-state index contributed by atoms with van der Waals surface area (Å²) in [6.45, 7) is 11.0. The van der Waals surface area contributed by atoms with E-state index in [2.05, 4.69) is 27.0 Å². The van der Waals surface area contributed by atoms with E-state index in [1.165, 1.54) is 37.2 Å². The third kappa shape index (κ3) is 5.11. The SMILES string of the molecule is CC(=O)c1c(C)[nH]c(C(=O)[C@H](C)Sc2nnc([C@H](C)N3CCCCC3)n2-c2ccc(F)cc2)c1C. The number of H-pyrrole nitrogens is 1. The summed E-state index contributed by atoms with van der Waals surface area (Å²) in [5.41, 5.74) is 3.14. The van der Waals surface area contributed by atoms with Gasteiger partial charge in [-0.3, -0.25) is 19.1 Å². The summed E-state index contributed by atoms with van der Waals surface area (Å²) < 4.78 is 15.6. The standard InChI is InChI=1S/C26H32FN5O2S/c1-15-22(18(4)33)16(2)28-23(15)24(34)19(5)35-26-30-29-25(17(3)31-13-7-6-8-14-31)32(26)21-11-9-20(27)10-12-21/h9-12,17,19,28H,6-8,13-14H2,1-5H3/t17-,19-/m0/s1. The van der Waals surface area contributed by atoms with Crippen LogP contribution in [0.15, 0.2) is 29.4 Å². The number of piperidine rings is 1. The van der Waals surface area contributed by atoms with Gasteiger partial charge in [0.2, 0.25) is 0 Å². The molecule has 4 rings (SSSR count). The van der Waals surface area contributed by atoms with Crippen molar-refractivity contribution in [2.45, 2.75) is 70.3 Å². The van der Waals surface area contributed by atoms with Crippen molar-refractivity contribution in [2.75, 3.05) is 13.1 Å². The lowest BCUT2D eigenvalue weighted by atomic mass is 10.0. The normalized spacial score (nSPS) is 16.3. The molecule has 1 fully saturated rings. The molecule has 0 amide bonds. The number of carbonyl (C=O) groups is 2. The average Bonchev–Trinajstić information content (AvgIpc) is 3.39. The Bertz CT molecular complexity index is 1230. The van der Waals surface area contributed by atoms with E-state index in [0.717, 1.165) is 37.4 Å². The molecule has 2 atom stereocenters. The lowest BCUT2D eigenvalue weighted by Gasteiger charge is -2.32. The number of hydrogen-bond donors (Lipinski definition) is 1. The number of ketones is 2. The van der Waals surface area contributed by atoms with Crippen LogP contribution in [0.2, 0.25) is 0 Å². The van der Waals surface area contributed by atoms with Crippen molar-refractivity contribution in [1.29, 1.82) is 0 Å². The van der Waals surface area contributed by atoms with Gasteiger partial charge in [-0.15, -0.1) is 10.2 Å². The summed E-state index contributed by atoms with van der Waals surface area (Å²) in [5.74, 6) is 0.279. The molecule has 1 saturated heterocycles. The van der Waals surface area contributed by atoms with Gasteiger partial charge in [-0.1, -0.05) is 18.2 Å². The zero-order valence-corrected chi connectivity index (χ0v) is 21.7. The largest absolute Gasteiger partial charge is 0.355 e. The van der Waals surface area contributed by atoms with E-state index in [1.807, 2.05) is 11.5 Å². The fraction of sp³-hybridized carbons (Fsp3) is 0.462. The maximum atomic E-state index is 13.7. The van der Waals surface area contributed by atoms with Crippen molar-refractivity contribution < 1.29 is 14.0 Å². The molecule has 1 aliphatic rings. The first-order chi connectivity index (χ1) is 16.7. The maximum Gasteiger partial charge on any atom is 0.196 e. The fourth-order valence-electron chi connectivity index (χ4n) is 4.87. The van der Waals surface area contributed by atoms with Crippen LogP contribution in [0, 0.1) is 19.7 Å². The van der Waals surface area contributed by atoms with E-state index in [1.54, 1.807) is 26.0 Å². The minimum atomic E-state index is -0.479. The molecule has 1 aromatic carbocycles. The number of rotatable bonds is 8. The molecule has 3 aromatic rings. The molecule has 0 aliphatic carbocycles. The Labute approximate surface area is 209 Å². The summed E-state index contributed by atoms with van der Waals surface area (Å²) in [7, 11) is 0. The minimum Gasteiger partial charge on any atom is -0.355 e. The summed E-state index contributed by atoms with van der Waals surface area (Å²) in [6, 6.07) is 6.28. The van der Waals surface area contributed by atoms with Gasteiger partial charge in [0.1, 0.15) is 5.82 Å². The number of thioether (sulfide) groups is 1. The van der Waals surface area contributed by atoms with Gasteiger partial charge < -0.3 is 4.98 Å². The second-order valence-corrected chi connectivity index (χ2v) is 10.5. The zero-order chi connectivity index (χ0) is 25.3. The Balaban J connectivity index is 1.67. The topological polar surface area (TPSA) is 83.9 Å². The molecule has 186 valence electrons. The summed E-state index contributed by atoms with van der Waals surface area (Å²) in [5, 5.41) is 9.08.